The summed E-state index contributed by atoms with van der Waals surface area (Å²) in [5.41, 5.74) is 2.15. The average molecular weight is 324 g/mol. The van der Waals surface area contributed by atoms with Crippen LogP contribution in [0.4, 0.5) is 11.4 Å². The Balaban J connectivity index is 1.48. The van der Waals surface area contributed by atoms with Crippen LogP contribution in [-0.2, 0) is 16.0 Å². The third-order valence-electron chi connectivity index (χ3n) is 4.12. The second-order valence-electron chi connectivity index (χ2n) is 5.87. The smallest absolute Gasteiger partial charge is 0.265 e. The lowest BCUT2D eigenvalue weighted by Gasteiger charge is -2.23. The molecule has 2 aromatic carbocycles. The minimum Gasteiger partial charge on any atom is -0.480 e. The van der Waals surface area contributed by atoms with Crippen molar-refractivity contribution in [1.29, 1.82) is 0 Å². The minimum atomic E-state index is -0.552. The molecule has 2 aliphatic heterocycles. The molecule has 0 spiro atoms. The maximum absolute atomic E-state index is 12.4. The number of amides is 2. The van der Waals surface area contributed by atoms with Gasteiger partial charge >= 0.3 is 0 Å². The number of carbonyl (C=O) groups is 2. The van der Waals surface area contributed by atoms with Crippen LogP contribution < -0.4 is 20.1 Å². The first-order chi connectivity index (χ1) is 11.6. The number of rotatable bonds is 2. The van der Waals surface area contributed by atoms with E-state index in [4.69, 9.17) is 9.47 Å². The van der Waals surface area contributed by atoms with Crippen molar-refractivity contribution in [1.82, 2.24) is 0 Å². The zero-order chi connectivity index (χ0) is 16.7. The van der Waals surface area contributed by atoms with E-state index in [0.717, 1.165) is 11.3 Å². The first-order valence-electron chi connectivity index (χ1n) is 7.77. The van der Waals surface area contributed by atoms with Crippen LogP contribution in [0.15, 0.2) is 42.5 Å². The second kappa shape index (κ2) is 5.56. The molecule has 0 aliphatic carbocycles. The average Bonchev–Trinajstić information content (AvgIpc) is 3.00. The van der Waals surface area contributed by atoms with Crippen molar-refractivity contribution in [2.45, 2.75) is 25.6 Å². The van der Waals surface area contributed by atoms with E-state index in [1.54, 1.807) is 25.1 Å². The first kappa shape index (κ1) is 14.6. The molecule has 0 unspecified atom stereocenters. The van der Waals surface area contributed by atoms with E-state index >= 15 is 0 Å². The van der Waals surface area contributed by atoms with Crippen molar-refractivity contribution in [2.24, 2.45) is 0 Å². The van der Waals surface area contributed by atoms with Crippen molar-refractivity contribution in [2.75, 3.05) is 10.6 Å². The van der Waals surface area contributed by atoms with Gasteiger partial charge < -0.3 is 20.1 Å². The quantitative estimate of drug-likeness (QED) is 0.889. The summed E-state index contributed by atoms with van der Waals surface area (Å²) < 4.78 is 11.2. The summed E-state index contributed by atoms with van der Waals surface area (Å²) >= 11 is 0. The topological polar surface area (TPSA) is 76.7 Å². The van der Waals surface area contributed by atoms with Crippen molar-refractivity contribution in [3.8, 4) is 11.5 Å². The fraction of sp³-hybridized carbons (Fsp3) is 0.222. The van der Waals surface area contributed by atoms with Gasteiger partial charge in [-0.25, -0.2) is 0 Å². The van der Waals surface area contributed by atoms with E-state index in [1.807, 2.05) is 24.3 Å². The molecule has 6 nitrogen and oxygen atoms in total. The Morgan fingerprint density at radius 1 is 1.17 bits per heavy atom. The van der Waals surface area contributed by atoms with Gasteiger partial charge in [0.15, 0.2) is 12.2 Å². The van der Waals surface area contributed by atoms with Crippen molar-refractivity contribution < 1.29 is 19.1 Å². The molecule has 2 amide bonds. The number of hydrogen-bond acceptors (Lipinski definition) is 4. The Bertz CT molecular complexity index is 809. The Labute approximate surface area is 138 Å². The Kier molecular flexibility index (Phi) is 3.37. The molecule has 0 saturated heterocycles. The standard InChI is InChI=1S/C18H16N2O4/c1-10-17(21)20-13-9-12(6-7-15(13)23-10)19-18(22)16-8-11-4-2-3-5-14(11)24-16/h2-7,9-10,16H,8H2,1H3,(H,19,22)(H,20,21)/t10-,16-/m0/s1. The molecule has 4 rings (SSSR count). The molecule has 2 aliphatic rings. The Morgan fingerprint density at radius 3 is 2.83 bits per heavy atom. The van der Waals surface area contributed by atoms with E-state index in [9.17, 15) is 9.59 Å². The highest BCUT2D eigenvalue weighted by Gasteiger charge is 2.29. The zero-order valence-corrected chi connectivity index (χ0v) is 13.0. The van der Waals surface area contributed by atoms with Gasteiger partial charge in [-0.3, -0.25) is 9.59 Å². The molecule has 2 atom stereocenters. The monoisotopic (exact) mass is 324 g/mol. The SMILES string of the molecule is C[C@@H]1Oc2ccc(NC(=O)[C@@H]3Cc4ccccc4O3)cc2NC1=O. The molecular formula is C18H16N2O4. The fourth-order valence-corrected chi connectivity index (χ4v) is 2.84. The van der Waals surface area contributed by atoms with Crippen LogP contribution in [0.5, 0.6) is 11.5 Å². The lowest BCUT2D eigenvalue weighted by Crippen LogP contribution is -2.34. The van der Waals surface area contributed by atoms with Crippen molar-refractivity contribution in [3.05, 3.63) is 48.0 Å². The molecule has 24 heavy (non-hydrogen) atoms. The predicted octanol–water partition coefficient (Wildman–Crippen LogP) is 2.35. The summed E-state index contributed by atoms with van der Waals surface area (Å²) in [6.07, 6.45) is -0.530. The van der Waals surface area contributed by atoms with Crippen molar-refractivity contribution in [3.63, 3.8) is 0 Å². The third kappa shape index (κ3) is 2.56. The van der Waals surface area contributed by atoms with Gasteiger partial charge in [0.1, 0.15) is 11.5 Å². The van der Waals surface area contributed by atoms with Crippen LogP contribution in [0.1, 0.15) is 12.5 Å². The normalized spacial score (nSPS) is 21.0. The molecular weight excluding hydrogens is 308 g/mol. The first-order valence-corrected chi connectivity index (χ1v) is 7.77. The van der Waals surface area contributed by atoms with E-state index in [-0.39, 0.29) is 11.8 Å². The molecule has 2 N–H and O–H groups in total. The molecule has 0 fully saturated rings. The van der Waals surface area contributed by atoms with Crippen molar-refractivity contribution >= 4 is 23.2 Å². The van der Waals surface area contributed by atoms with Gasteiger partial charge in [0, 0.05) is 12.1 Å². The number of carbonyl (C=O) groups excluding carboxylic acids is 2. The van der Waals surface area contributed by atoms with Gasteiger partial charge in [0.25, 0.3) is 11.8 Å². The molecule has 0 saturated carbocycles. The number of hydrogen-bond donors (Lipinski definition) is 2. The van der Waals surface area contributed by atoms with E-state index in [0.29, 0.717) is 23.5 Å². The second-order valence-corrected chi connectivity index (χ2v) is 5.87. The minimum absolute atomic E-state index is 0.208. The van der Waals surface area contributed by atoms with Gasteiger partial charge in [-0.15, -0.1) is 0 Å². The van der Waals surface area contributed by atoms with Crippen LogP contribution in [0.3, 0.4) is 0 Å². The summed E-state index contributed by atoms with van der Waals surface area (Å²) in [6.45, 7) is 1.68. The zero-order valence-electron chi connectivity index (χ0n) is 13.0. The Hall–Kier alpha value is -3.02. The number of para-hydroxylation sites is 1. The van der Waals surface area contributed by atoms with Crippen LogP contribution in [0.2, 0.25) is 0 Å². The number of benzene rings is 2. The lowest BCUT2D eigenvalue weighted by atomic mass is 10.1. The highest BCUT2D eigenvalue weighted by Crippen LogP contribution is 2.33. The summed E-state index contributed by atoms with van der Waals surface area (Å²) in [6, 6.07) is 12.8. The molecule has 0 radical (unpaired) electrons. The summed E-state index contributed by atoms with van der Waals surface area (Å²) in [7, 11) is 0. The molecule has 2 heterocycles. The van der Waals surface area contributed by atoms with Gasteiger partial charge in [-0.1, -0.05) is 18.2 Å². The molecule has 122 valence electrons. The number of nitrogens with one attached hydrogen (secondary N) is 2. The summed E-state index contributed by atoms with van der Waals surface area (Å²) in [4.78, 5) is 24.1. The third-order valence-corrected chi connectivity index (χ3v) is 4.12. The number of ether oxygens (including phenoxy) is 2. The van der Waals surface area contributed by atoms with Crippen LogP contribution >= 0.6 is 0 Å². The van der Waals surface area contributed by atoms with Gasteiger partial charge in [-0.2, -0.15) is 0 Å². The van der Waals surface area contributed by atoms with Gasteiger partial charge in [-0.05, 0) is 36.8 Å². The molecule has 6 heteroatoms. The Morgan fingerprint density at radius 2 is 2.00 bits per heavy atom. The highest BCUT2D eigenvalue weighted by atomic mass is 16.5. The molecule has 2 aromatic rings. The fourth-order valence-electron chi connectivity index (χ4n) is 2.84. The molecule has 0 aromatic heterocycles. The van der Waals surface area contributed by atoms with E-state index < -0.39 is 12.2 Å². The maximum Gasteiger partial charge on any atom is 0.265 e. The van der Waals surface area contributed by atoms with Gasteiger partial charge in [0.05, 0.1) is 5.69 Å². The van der Waals surface area contributed by atoms with Crippen LogP contribution in [-0.4, -0.2) is 24.0 Å². The van der Waals surface area contributed by atoms with E-state index in [1.165, 1.54) is 0 Å². The van der Waals surface area contributed by atoms with Crippen LogP contribution in [0.25, 0.3) is 0 Å². The van der Waals surface area contributed by atoms with Crippen LogP contribution in [0, 0.1) is 0 Å². The number of anilines is 2. The van der Waals surface area contributed by atoms with E-state index in [2.05, 4.69) is 10.6 Å². The molecule has 0 bridgehead atoms. The lowest BCUT2D eigenvalue weighted by molar-refractivity contribution is -0.123. The summed E-state index contributed by atoms with van der Waals surface area (Å²) in [5, 5.41) is 5.58. The predicted molar refractivity (Wildman–Crippen MR) is 88.4 cm³/mol. The maximum atomic E-state index is 12.4. The van der Waals surface area contributed by atoms with Gasteiger partial charge in [0.2, 0.25) is 0 Å². The number of fused-ring (bicyclic) bond motifs is 2. The summed E-state index contributed by atoms with van der Waals surface area (Å²) in [5.74, 6) is 0.908. The largest absolute Gasteiger partial charge is 0.480 e. The highest BCUT2D eigenvalue weighted by molar-refractivity contribution is 6.00.